The van der Waals surface area contributed by atoms with Gasteiger partial charge < -0.3 is 28.8 Å². The van der Waals surface area contributed by atoms with Crippen molar-refractivity contribution in [2.45, 2.75) is 37.1 Å². The molecule has 1 aromatic heterocycles. The normalized spacial score (nSPS) is 19.2. The van der Waals surface area contributed by atoms with E-state index in [0.717, 1.165) is 10.1 Å². The lowest BCUT2D eigenvalue weighted by Crippen LogP contribution is -2.57. The van der Waals surface area contributed by atoms with Gasteiger partial charge in [-0.25, -0.2) is 9.59 Å². The van der Waals surface area contributed by atoms with Crippen molar-refractivity contribution in [1.82, 2.24) is 9.55 Å². The van der Waals surface area contributed by atoms with Crippen LogP contribution in [0.1, 0.15) is 38.8 Å². The molecule has 1 aliphatic heterocycles. The van der Waals surface area contributed by atoms with Gasteiger partial charge in [0.25, 0.3) is 5.56 Å². The van der Waals surface area contributed by atoms with Crippen LogP contribution in [0.25, 0.3) is 0 Å². The average molecular weight is 665 g/mol. The summed E-state index contributed by atoms with van der Waals surface area (Å²) < 4.78 is 31.2. The highest BCUT2D eigenvalue weighted by molar-refractivity contribution is 5.89. The summed E-state index contributed by atoms with van der Waals surface area (Å²) in [4.78, 5) is 40.9. The van der Waals surface area contributed by atoms with Gasteiger partial charge in [0.1, 0.15) is 29.3 Å². The van der Waals surface area contributed by atoms with Crippen molar-refractivity contribution in [3.8, 4) is 11.5 Å². The fraction of sp³-hybridized carbons (Fsp3) is 0.237. The molecule has 0 radical (unpaired) electrons. The number of aryl methyl sites for hydroxylation is 1. The Balaban J connectivity index is 1.47. The van der Waals surface area contributed by atoms with Crippen LogP contribution in [0.3, 0.4) is 0 Å². The molecule has 2 heterocycles. The molecule has 49 heavy (non-hydrogen) atoms. The molecule has 252 valence electrons. The van der Waals surface area contributed by atoms with Crippen LogP contribution in [-0.2, 0) is 19.8 Å². The molecule has 2 N–H and O–H groups in total. The second kappa shape index (κ2) is 14.3. The molecule has 4 aromatic carbocycles. The number of hydrogen-bond donors (Lipinski definition) is 2. The maximum absolute atomic E-state index is 13.4. The zero-order valence-corrected chi connectivity index (χ0v) is 27.1. The van der Waals surface area contributed by atoms with Gasteiger partial charge in [-0.3, -0.25) is 14.3 Å². The first-order valence-electron chi connectivity index (χ1n) is 15.7. The summed E-state index contributed by atoms with van der Waals surface area (Å²) >= 11 is 0. The fourth-order valence-electron chi connectivity index (χ4n) is 6.03. The number of rotatable bonds is 10. The Morgan fingerprint density at radius 2 is 1.35 bits per heavy atom. The number of aromatic amines is 1. The lowest BCUT2D eigenvalue weighted by Gasteiger charge is -2.45. The minimum atomic E-state index is -1.51. The first kappa shape index (κ1) is 33.4. The lowest BCUT2D eigenvalue weighted by molar-refractivity contribution is -0.240. The summed E-state index contributed by atoms with van der Waals surface area (Å²) in [6, 6.07) is 32.6. The molecule has 0 aliphatic carbocycles. The monoisotopic (exact) mass is 664 g/mol. The number of aliphatic hydroxyl groups excluding tert-OH is 1. The predicted molar refractivity (Wildman–Crippen MR) is 180 cm³/mol. The Labute approximate surface area is 282 Å². The third-order valence-corrected chi connectivity index (χ3v) is 8.60. The van der Waals surface area contributed by atoms with E-state index in [1.54, 1.807) is 44.6 Å². The summed E-state index contributed by atoms with van der Waals surface area (Å²) in [7, 11) is 3.16. The first-order chi connectivity index (χ1) is 23.7. The average Bonchev–Trinajstić information content (AvgIpc) is 3.14. The van der Waals surface area contributed by atoms with Gasteiger partial charge in [0.05, 0.1) is 26.4 Å². The van der Waals surface area contributed by atoms with Crippen LogP contribution in [-0.4, -0.2) is 59.8 Å². The Hall–Kier alpha value is -5.49. The van der Waals surface area contributed by atoms with E-state index in [0.29, 0.717) is 22.6 Å². The molecule has 1 fully saturated rings. The molecular formula is C38H36N2O9. The van der Waals surface area contributed by atoms with Gasteiger partial charge in [-0.05, 0) is 60.0 Å². The molecule has 11 nitrogen and oxygen atoms in total. The van der Waals surface area contributed by atoms with Gasteiger partial charge in [-0.1, -0.05) is 72.8 Å². The zero-order chi connectivity index (χ0) is 34.5. The molecule has 1 aliphatic rings. The van der Waals surface area contributed by atoms with Crippen molar-refractivity contribution >= 4 is 5.97 Å². The molecule has 0 saturated carbocycles. The largest absolute Gasteiger partial charge is 0.497 e. The molecule has 5 aromatic rings. The maximum Gasteiger partial charge on any atom is 0.338 e. The number of nitrogens with one attached hydrogen (secondary N) is 1. The summed E-state index contributed by atoms with van der Waals surface area (Å²) in [5.41, 5.74) is -0.0612. The number of nitrogens with zero attached hydrogens (tertiary/aromatic N) is 1. The molecular weight excluding hydrogens is 628 g/mol. The third kappa shape index (κ3) is 6.64. The van der Waals surface area contributed by atoms with Crippen molar-refractivity contribution in [3.63, 3.8) is 0 Å². The number of esters is 1. The Kier molecular flexibility index (Phi) is 9.77. The van der Waals surface area contributed by atoms with Crippen molar-refractivity contribution in [1.29, 1.82) is 0 Å². The zero-order valence-electron chi connectivity index (χ0n) is 27.1. The Morgan fingerprint density at radius 3 is 1.90 bits per heavy atom. The number of aromatic nitrogens is 2. The predicted octanol–water partition coefficient (Wildman–Crippen LogP) is 4.35. The number of carbonyl (C=O) groups is 1. The van der Waals surface area contributed by atoms with E-state index >= 15 is 0 Å². The Bertz CT molecular complexity index is 1940. The van der Waals surface area contributed by atoms with Gasteiger partial charge >= 0.3 is 11.7 Å². The Morgan fingerprint density at radius 1 is 0.816 bits per heavy atom. The van der Waals surface area contributed by atoms with E-state index in [4.69, 9.17) is 23.7 Å². The molecule has 6 rings (SSSR count). The standard InChI is InChI=1S/C38H36N2O9/c1-24-22-40(37(44)39-34(24)42)35-33(48-36(43)25-10-6-4-7-11-25)32(41)31(23-47-35)49-38(26-12-8-5-9-13-26,27-14-18-29(45-2)19-15-27)28-16-20-30(46-3)21-17-28/h4-22,31-33,35,41H,23H2,1-3H3,(H,39,42,44)/t31-,32-,33-,35-/m1/s1. The number of hydrogen-bond acceptors (Lipinski definition) is 9. The van der Waals surface area contributed by atoms with Crippen molar-refractivity contribution in [2.75, 3.05) is 20.8 Å². The quantitative estimate of drug-likeness (QED) is 0.165. The minimum absolute atomic E-state index is 0.212. The highest BCUT2D eigenvalue weighted by atomic mass is 16.6. The van der Waals surface area contributed by atoms with E-state index < -0.39 is 47.4 Å². The number of ether oxygens (including phenoxy) is 5. The summed E-state index contributed by atoms with van der Waals surface area (Å²) in [5.74, 6) is 0.533. The summed E-state index contributed by atoms with van der Waals surface area (Å²) in [6.07, 6.45) is -4.03. The van der Waals surface area contributed by atoms with E-state index in [1.807, 2.05) is 78.9 Å². The lowest BCUT2D eigenvalue weighted by atomic mass is 9.79. The number of carbonyl (C=O) groups excluding carboxylic acids is 1. The molecule has 11 heteroatoms. The van der Waals surface area contributed by atoms with E-state index in [1.165, 1.54) is 13.1 Å². The van der Waals surface area contributed by atoms with E-state index in [9.17, 15) is 19.5 Å². The second-order valence-corrected chi connectivity index (χ2v) is 11.6. The molecule has 0 bridgehead atoms. The van der Waals surface area contributed by atoms with Crippen molar-refractivity contribution in [3.05, 3.63) is 164 Å². The van der Waals surface area contributed by atoms with Crippen LogP contribution < -0.4 is 20.7 Å². The molecule has 4 atom stereocenters. The van der Waals surface area contributed by atoms with E-state index in [-0.39, 0.29) is 17.7 Å². The minimum Gasteiger partial charge on any atom is -0.497 e. The maximum atomic E-state index is 13.4. The van der Waals surface area contributed by atoms with Crippen LogP contribution in [0, 0.1) is 6.92 Å². The van der Waals surface area contributed by atoms with Crippen LogP contribution in [0.5, 0.6) is 11.5 Å². The second-order valence-electron chi connectivity index (χ2n) is 11.6. The highest BCUT2D eigenvalue weighted by Gasteiger charge is 2.49. The molecule has 0 unspecified atom stereocenters. The smallest absolute Gasteiger partial charge is 0.338 e. The summed E-state index contributed by atoms with van der Waals surface area (Å²) in [6.45, 7) is 1.32. The van der Waals surface area contributed by atoms with Crippen LogP contribution in [0.2, 0.25) is 0 Å². The SMILES string of the molecule is COc1ccc(C(O[C@@H]2CO[C@@H](n3cc(C)c(=O)[nH]c3=O)[C@H](OC(=O)c3ccccc3)[C@@H]2O)(c2ccccc2)c2ccc(OC)cc2)cc1. The fourth-order valence-corrected chi connectivity index (χ4v) is 6.03. The van der Waals surface area contributed by atoms with Crippen LogP contribution in [0.15, 0.2) is 125 Å². The van der Waals surface area contributed by atoms with Gasteiger partial charge in [-0.15, -0.1) is 0 Å². The first-order valence-corrected chi connectivity index (χ1v) is 15.7. The van der Waals surface area contributed by atoms with Crippen LogP contribution in [0.4, 0.5) is 0 Å². The number of methoxy groups -OCH3 is 2. The van der Waals surface area contributed by atoms with Gasteiger partial charge in [0, 0.05) is 11.8 Å². The topological polar surface area (TPSA) is 138 Å². The molecule has 0 amide bonds. The number of H-pyrrole nitrogens is 1. The number of aliphatic hydroxyl groups is 1. The van der Waals surface area contributed by atoms with Gasteiger partial charge in [-0.2, -0.15) is 0 Å². The summed E-state index contributed by atoms with van der Waals surface area (Å²) in [5, 5.41) is 12.1. The van der Waals surface area contributed by atoms with Crippen LogP contribution >= 0.6 is 0 Å². The van der Waals surface area contributed by atoms with Gasteiger partial charge in [0.2, 0.25) is 0 Å². The molecule has 1 saturated heterocycles. The van der Waals surface area contributed by atoms with Crippen molar-refractivity contribution in [2.24, 2.45) is 0 Å². The van der Waals surface area contributed by atoms with Crippen molar-refractivity contribution < 1.29 is 33.6 Å². The third-order valence-electron chi connectivity index (χ3n) is 8.60. The van der Waals surface area contributed by atoms with E-state index in [2.05, 4.69) is 4.98 Å². The number of benzene rings is 4. The highest BCUT2D eigenvalue weighted by Crippen LogP contribution is 2.44. The van der Waals surface area contributed by atoms with Gasteiger partial charge in [0.15, 0.2) is 12.3 Å². The molecule has 0 spiro atoms.